The molecule has 0 spiro atoms. The van der Waals surface area contributed by atoms with Crippen LogP contribution < -0.4 is 0 Å². The second-order valence-corrected chi connectivity index (χ2v) is 5.77. The minimum Gasteiger partial charge on any atom is -0.342 e. The molecule has 1 amide bonds. The number of nitrogens with zero attached hydrogens (tertiary/aromatic N) is 1. The van der Waals surface area contributed by atoms with Crippen molar-refractivity contribution in [3.63, 3.8) is 0 Å². The lowest BCUT2D eigenvalue weighted by molar-refractivity contribution is -0.129. The molecule has 1 aliphatic heterocycles. The fraction of sp³-hybridized carbons (Fsp3) is 0.353. The van der Waals surface area contributed by atoms with Gasteiger partial charge in [0.25, 0.3) is 0 Å². The SMILES string of the molecule is O=C(Cc1cccc2ccccc12)N1CCC(CCl)C1. The highest BCUT2D eigenvalue weighted by molar-refractivity contribution is 6.18. The quantitative estimate of drug-likeness (QED) is 0.792. The summed E-state index contributed by atoms with van der Waals surface area (Å²) in [7, 11) is 0. The van der Waals surface area contributed by atoms with Crippen LogP contribution in [0.2, 0.25) is 0 Å². The molecule has 0 aromatic heterocycles. The third-order valence-corrected chi connectivity index (χ3v) is 4.51. The van der Waals surface area contributed by atoms with Crippen molar-refractivity contribution in [1.29, 1.82) is 0 Å². The summed E-state index contributed by atoms with van der Waals surface area (Å²) in [5.74, 6) is 1.33. The minimum atomic E-state index is 0.217. The van der Waals surface area contributed by atoms with Crippen molar-refractivity contribution in [2.24, 2.45) is 5.92 Å². The number of fused-ring (bicyclic) bond motifs is 1. The zero-order valence-electron chi connectivity index (χ0n) is 11.4. The van der Waals surface area contributed by atoms with Crippen LogP contribution in [0.3, 0.4) is 0 Å². The smallest absolute Gasteiger partial charge is 0.227 e. The largest absolute Gasteiger partial charge is 0.342 e. The number of halogens is 1. The number of hydrogen-bond acceptors (Lipinski definition) is 1. The summed E-state index contributed by atoms with van der Waals surface area (Å²) in [6.07, 6.45) is 1.52. The zero-order chi connectivity index (χ0) is 13.9. The predicted octanol–water partition coefficient (Wildman–Crippen LogP) is 3.47. The van der Waals surface area contributed by atoms with Gasteiger partial charge in [0.1, 0.15) is 0 Å². The van der Waals surface area contributed by atoms with Crippen LogP contribution >= 0.6 is 11.6 Å². The van der Waals surface area contributed by atoms with E-state index in [0.717, 1.165) is 25.1 Å². The van der Waals surface area contributed by atoms with E-state index in [-0.39, 0.29) is 5.91 Å². The summed E-state index contributed by atoms with van der Waals surface area (Å²) >= 11 is 5.88. The van der Waals surface area contributed by atoms with Crippen LogP contribution in [0.4, 0.5) is 0 Å². The van der Waals surface area contributed by atoms with E-state index in [2.05, 4.69) is 24.3 Å². The Morgan fingerprint density at radius 2 is 2.00 bits per heavy atom. The van der Waals surface area contributed by atoms with Gasteiger partial charge in [0.2, 0.25) is 5.91 Å². The molecule has 20 heavy (non-hydrogen) atoms. The van der Waals surface area contributed by atoms with Crippen molar-refractivity contribution in [3.05, 3.63) is 48.0 Å². The van der Waals surface area contributed by atoms with Crippen molar-refractivity contribution in [3.8, 4) is 0 Å². The summed E-state index contributed by atoms with van der Waals surface area (Å²) < 4.78 is 0. The molecule has 0 saturated carbocycles. The van der Waals surface area contributed by atoms with E-state index in [1.165, 1.54) is 10.8 Å². The molecule has 2 nitrogen and oxygen atoms in total. The van der Waals surface area contributed by atoms with Gasteiger partial charge in [0.15, 0.2) is 0 Å². The minimum absolute atomic E-state index is 0.217. The van der Waals surface area contributed by atoms with Crippen LogP contribution in [0.25, 0.3) is 10.8 Å². The number of likely N-dealkylation sites (tertiary alicyclic amines) is 1. The molecule has 0 bridgehead atoms. The molecule has 1 saturated heterocycles. The molecule has 2 aromatic carbocycles. The third-order valence-electron chi connectivity index (χ3n) is 4.08. The highest BCUT2D eigenvalue weighted by Crippen LogP contribution is 2.22. The Morgan fingerprint density at radius 1 is 1.20 bits per heavy atom. The topological polar surface area (TPSA) is 20.3 Å². The first-order valence-electron chi connectivity index (χ1n) is 7.08. The van der Waals surface area contributed by atoms with Crippen molar-refractivity contribution >= 4 is 28.3 Å². The summed E-state index contributed by atoms with van der Waals surface area (Å²) in [5, 5.41) is 2.37. The van der Waals surface area contributed by atoms with Crippen molar-refractivity contribution in [2.45, 2.75) is 12.8 Å². The Morgan fingerprint density at radius 3 is 2.80 bits per heavy atom. The molecule has 1 heterocycles. The lowest BCUT2D eigenvalue weighted by Gasteiger charge is -2.16. The van der Waals surface area contributed by atoms with Crippen LogP contribution in [-0.4, -0.2) is 29.8 Å². The average molecular weight is 288 g/mol. The number of hydrogen-bond donors (Lipinski definition) is 0. The van der Waals surface area contributed by atoms with Crippen LogP contribution in [0.15, 0.2) is 42.5 Å². The van der Waals surface area contributed by atoms with Gasteiger partial charge < -0.3 is 4.90 Å². The van der Waals surface area contributed by atoms with Crippen LogP contribution in [0, 0.1) is 5.92 Å². The van der Waals surface area contributed by atoms with Gasteiger partial charge in [-0.05, 0) is 28.7 Å². The van der Waals surface area contributed by atoms with Crippen molar-refractivity contribution < 1.29 is 4.79 Å². The molecular formula is C17H18ClNO. The summed E-state index contributed by atoms with van der Waals surface area (Å²) in [6.45, 7) is 1.66. The van der Waals surface area contributed by atoms with E-state index < -0.39 is 0 Å². The van der Waals surface area contributed by atoms with E-state index in [1.54, 1.807) is 0 Å². The molecule has 0 aliphatic carbocycles. The summed E-state index contributed by atoms with van der Waals surface area (Å²) in [6, 6.07) is 14.4. The second-order valence-electron chi connectivity index (χ2n) is 5.46. The van der Waals surface area contributed by atoms with Gasteiger partial charge in [-0.25, -0.2) is 0 Å². The molecule has 1 fully saturated rings. The molecule has 1 atom stereocenters. The zero-order valence-corrected chi connectivity index (χ0v) is 12.1. The van der Waals surface area contributed by atoms with Gasteiger partial charge in [-0.2, -0.15) is 0 Å². The number of rotatable bonds is 3. The molecule has 1 unspecified atom stereocenters. The lowest BCUT2D eigenvalue weighted by Crippen LogP contribution is -2.30. The normalized spacial score (nSPS) is 18.6. The molecule has 1 aliphatic rings. The summed E-state index contributed by atoms with van der Waals surface area (Å²) in [4.78, 5) is 14.4. The van der Waals surface area contributed by atoms with Gasteiger partial charge in [0.05, 0.1) is 6.42 Å². The van der Waals surface area contributed by atoms with E-state index in [0.29, 0.717) is 18.2 Å². The van der Waals surface area contributed by atoms with Gasteiger partial charge >= 0.3 is 0 Å². The Hall–Kier alpha value is -1.54. The van der Waals surface area contributed by atoms with E-state index in [1.807, 2.05) is 23.1 Å². The standard InChI is InChI=1S/C17H18ClNO/c18-11-13-8-9-19(12-13)17(20)10-15-6-3-5-14-4-1-2-7-16(14)15/h1-7,13H,8-12H2. The Labute approximate surface area is 124 Å². The maximum Gasteiger partial charge on any atom is 0.227 e. The van der Waals surface area contributed by atoms with E-state index in [9.17, 15) is 4.79 Å². The highest BCUT2D eigenvalue weighted by Gasteiger charge is 2.25. The number of benzene rings is 2. The average Bonchev–Trinajstić information content (AvgIpc) is 2.97. The van der Waals surface area contributed by atoms with Crippen LogP contribution in [0.5, 0.6) is 0 Å². The van der Waals surface area contributed by atoms with E-state index in [4.69, 9.17) is 11.6 Å². The Bertz CT molecular complexity index is 620. The van der Waals surface area contributed by atoms with Gasteiger partial charge in [-0.1, -0.05) is 42.5 Å². The first-order chi connectivity index (χ1) is 9.78. The fourth-order valence-corrected chi connectivity index (χ4v) is 3.16. The Balaban J connectivity index is 1.78. The maximum atomic E-state index is 12.4. The molecular weight excluding hydrogens is 270 g/mol. The lowest BCUT2D eigenvalue weighted by atomic mass is 10.0. The third kappa shape index (κ3) is 2.66. The molecule has 0 N–H and O–H groups in total. The van der Waals surface area contributed by atoms with Gasteiger partial charge in [-0.15, -0.1) is 11.6 Å². The monoisotopic (exact) mass is 287 g/mol. The van der Waals surface area contributed by atoms with Crippen LogP contribution in [-0.2, 0) is 11.2 Å². The second kappa shape index (κ2) is 5.84. The maximum absolute atomic E-state index is 12.4. The Kier molecular flexibility index (Phi) is 3.93. The molecule has 3 heteroatoms. The number of alkyl halides is 1. The van der Waals surface area contributed by atoms with Crippen LogP contribution in [0.1, 0.15) is 12.0 Å². The molecule has 0 radical (unpaired) electrons. The first-order valence-corrected chi connectivity index (χ1v) is 7.62. The van der Waals surface area contributed by atoms with Crippen molar-refractivity contribution in [1.82, 2.24) is 4.90 Å². The fourth-order valence-electron chi connectivity index (χ4n) is 2.91. The van der Waals surface area contributed by atoms with E-state index >= 15 is 0 Å². The predicted molar refractivity (Wildman–Crippen MR) is 83.1 cm³/mol. The number of amides is 1. The first kappa shape index (κ1) is 13.4. The summed E-state index contributed by atoms with van der Waals surface area (Å²) in [5.41, 5.74) is 1.11. The highest BCUT2D eigenvalue weighted by atomic mass is 35.5. The number of carbonyl (C=O) groups excluding carboxylic acids is 1. The molecule has 2 aromatic rings. The van der Waals surface area contributed by atoms with Gasteiger partial charge in [-0.3, -0.25) is 4.79 Å². The molecule has 3 rings (SSSR count). The molecule has 104 valence electrons. The van der Waals surface area contributed by atoms with Gasteiger partial charge in [0, 0.05) is 19.0 Å². The van der Waals surface area contributed by atoms with Crippen molar-refractivity contribution in [2.75, 3.05) is 19.0 Å². The number of carbonyl (C=O) groups is 1.